The molecule has 1 aliphatic heterocycles. The number of amides is 2. The van der Waals surface area contributed by atoms with E-state index in [0.717, 1.165) is 25.2 Å². The summed E-state index contributed by atoms with van der Waals surface area (Å²) in [6.45, 7) is 6.89. The molecule has 5 rings (SSSR count). The average molecular weight is 290 g/mol. The highest BCUT2D eigenvalue weighted by molar-refractivity contribution is 5.95. The van der Waals surface area contributed by atoms with Crippen molar-refractivity contribution in [1.82, 2.24) is 10.2 Å². The van der Waals surface area contributed by atoms with Crippen LogP contribution in [0.3, 0.4) is 0 Å². The van der Waals surface area contributed by atoms with Crippen molar-refractivity contribution < 1.29 is 9.59 Å². The molecule has 3 atom stereocenters. The third-order valence-electron chi connectivity index (χ3n) is 6.49. The minimum atomic E-state index is -0.361. The van der Waals surface area contributed by atoms with E-state index in [2.05, 4.69) is 19.2 Å². The maximum atomic E-state index is 12.7. The van der Waals surface area contributed by atoms with Gasteiger partial charge in [0.05, 0.1) is 0 Å². The van der Waals surface area contributed by atoms with Crippen LogP contribution in [0, 0.1) is 16.7 Å². The van der Waals surface area contributed by atoms with Crippen molar-refractivity contribution in [3.05, 3.63) is 0 Å². The second-order valence-electron chi connectivity index (χ2n) is 9.07. The van der Waals surface area contributed by atoms with Crippen LogP contribution < -0.4 is 5.32 Å². The normalized spacial score (nSPS) is 52.2. The van der Waals surface area contributed by atoms with E-state index in [1.807, 2.05) is 11.8 Å². The summed E-state index contributed by atoms with van der Waals surface area (Å²) in [6.07, 6.45) is 7.23. The number of carbonyl (C=O) groups is 2. The van der Waals surface area contributed by atoms with E-state index < -0.39 is 0 Å². The molecule has 116 valence electrons. The van der Waals surface area contributed by atoms with E-state index in [-0.39, 0.29) is 29.9 Å². The highest BCUT2D eigenvalue weighted by atomic mass is 16.2. The van der Waals surface area contributed by atoms with Gasteiger partial charge in [0.15, 0.2) is 0 Å². The Kier molecular flexibility index (Phi) is 2.47. The Morgan fingerprint density at radius 3 is 2.24 bits per heavy atom. The van der Waals surface area contributed by atoms with Crippen LogP contribution in [-0.4, -0.2) is 34.8 Å². The molecule has 5 fully saturated rings. The summed E-state index contributed by atoms with van der Waals surface area (Å²) in [5.41, 5.74) is 0.684. The maximum Gasteiger partial charge on any atom is 0.245 e. The van der Waals surface area contributed by atoms with Gasteiger partial charge in [-0.2, -0.15) is 0 Å². The predicted molar refractivity (Wildman–Crippen MR) is 79.5 cm³/mol. The summed E-state index contributed by atoms with van der Waals surface area (Å²) < 4.78 is 0. The van der Waals surface area contributed by atoms with Crippen molar-refractivity contribution in [2.24, 2.45) is 16.7 Å². The van der Waals surface area contributed by atoms with Gasteiger partial charge in [0, 0.05) is 5.54 Å². The quantitative estimate of drug-likeness (QED) is 0.804. The summed E-state index contributed by atoms with van der Waals surface area (Å²) in [4.78, 5) is 26.7. The molecule has 5 aliphatic rings. The van der Waals surface area contributed by atoms with Crippen molar-refractivity contribution in [3.8, 4) is 0 Å². The maximum absolute atomic E-state index is 12.7. The summed E-state index contributed by atoms with van der Waals surface area (Å²) in [7, 11) is 0. The van der Waals surface area contributed by atoms with E-state index in [9.17, 15) is 9.59 Å². The minimum absolute atomic E-state index is 0.00755. The van der Waals surface area contributed by atoms with Crippen LogP contribution in [0.2, 0.25) is 0 Å². The van der Waals surface area contributed by atoms with Crippen LogP contribution in [-0.2, 0) is 9.59 Å². The fourth-order valence-corrected chi connectivity index (χ4v) is 6.89. The number of carbonyl (C=O) groups excluding carboxylic acids is 2. The molecule has 0 radical (unpaired) electrons. The van der Waals surface area contributed by atoms with Crippen LogP contribution in [0.4, 0.5) is 0 Å². The van der Waals surface area contributed by atoms with Gasteiger partial charge in [0.1, 0.15) is 12.6 Å². The molecule has 4 aliphatic carbocycles. The molecule has 4 nitrogen and oxygen atoms in total. The van der Waals surface area contributed by atoms with Crippen molar-refractivity contribution in [1.29, 1.82) is 0 Å². The fraction of sp³-hybridized carbons (Fsp3) is 0.882. The summed E-state index contributed by atoms with van der Waals surface area (Å²) in [5, 5.41) is 2.78. The van der Waals surface area contributed by atoms with Crippen LogP contribution in [0.1, 0.15) is 59.3 Å². The lowest BCUT2D eigenvalue weighted by Gasteiger charge is -2.68. The molecule has 0 aromatic rings. The zero-order chi connectivity index (χ0) is 15.0. The van der Waals surface area contributed by atoms with Crippen LogP contribution in [0.5, 0.6) is 0 Å². The predicted octanol–water partition coefficient (Wildman–Crippen LogP) is 2.08. The van der Waals surface area contributed by atoms with Crippen LogP contribution in [0.25, 0.3) is 0 Å². The van der Waals surface area contributed by atoms with Gasteiger partial charge in [0.2, 0.25) is 11.8 Å². The van der Waals surface area contributed by atoms with Gasteiger partial charge in [-0.25, -0.2) is 0 Å². The van der Waals surface area contributed by atoms with E-state index in [0.29, 0.717) is 10.8 Å². The average Bonchev–Trinajstić information content (AvgIpc) is 2.28. The van der Waals surface area contributed by atoms with Gasteiger partial charge in [-0.05, 0) is 62.2 Å². The van der Waals surface area contributed by atoms with E-state index in [4.69, 9.17) is 0 Å². The molecule has 0 aromatic carbocycles. The molecule has 0 spiro atoms. The Morgan fingerprint density at radius 2 is 1.67 bits per heavy atom. The lowest BCUT2D eigenvalue weighted by Crippen LogP contribution is -2.71. The van der Waals surface area contributed by atoms with Crippen LogP contribution >= 0.6 is 0 Å². The van der Waals surface area contributed by atoms with E-state index in [1.54, 1.807) is 0 Å². The summed E-state index contributed by atoms with van der Waals surface area (Å²) >= 11 is 0. The van der Waals surface area contributed by atoms with Crippen LogP contribution in [0.15, 0.2) is 0 Å². The third kappa shape index (κ3) is 1.87. The molecule has 2 amide bonds. The molecule has 0 aromatic heterocycles. The fourth-order valence-electron chi connectivity index (χ4n) is 6.89. The lowest BCUT2D eigenvalue weighted by atomic mass is 9.42. The van der Waals surface area contributed by atoms with Crippen molar-refractivity contribution in [3.63, 3.8) is 0 Å². The molecular weight excluding hydrogens is 264 g/mol. The van der Waals surface area contributed by atoms with Gasteiger partial charge in [-0.1, -0.05) is 13.8 Å². The van der Waals surface area contributed by atoms with Gasteiger partial charge in [0.25, 0.3) is 0 Å². The Morgan fingerprint density at radius 1 is 1.05 bits per heavy atom. The van der Waals surface area contributed by atoms with Gasteiger partial charge in [-0.3, -0.25) is 9.59 Å². The van der Waals surface area contributed by atoms with Crippen molar-refractivity contribution in [2.45, 2.75) is 70.9 Å². The zero-order valence-corrected chi connectivity index (χ0v) is 13.4. The number of nitrogens with zero attached hydrogens (tertiary/aromatic N) is 1. The van der Waals surface area contributed by atoms with Crippen molar-refractivity contribution >= 4 is 11.8 Å². The zero-order valence-electron chi connectivity index (χ0n) is 13.4. The molecule has 3 unspecified atom stereocenters. The third-order valence-corrected chi connectivity index (χ3v) is 6.49. The molecule has 4 bridgehead atoms. The molecule has 1 heterocycles. The first-order valence-electron chi connectivity index (χ1n) is 8.34. The first-order chi connectivity index (χ1) is 9.73. The molecule has 1 N–H and O–H groups in total. The van der Waals surface area contributed by atoms with Gasteiger partial charge >= 0.3 is 0 Å². The molecule has 4 heteroatoms. The van der Waals surface area contributed by atoms with Crippen molar-refractivity contribution in [2.75, 3.05) is 6.54 Å². The number of piperazine rings is 1. The molecule has 21 heavy (non-hydrogen) atoms. The topological polar surface area (TPSA) is 49.4 Å². The Hall–Kier alpha value is -1.06. The Balaban J connectivity index is 1.73. The Bertz CT molecular complexity index is 511. The number of hydrogen-bond donors (Lipinski definition) is 1. The minimum Gasteiger partial charge on any atom is -0.343 e. The van der Waals surface area contributed by atoms with E-state index in [1.165, 1.54) is 19.3 Å². The largest absolute Gasteiger partial charge is 0.343 e. The molecule has 1 saturated heterocycles. The van der Waals surface area contributed by atoms with E-state index >= 15 is 0 Å². The monoisotopic (exact) mass is 290 g/mol. The first kappa shape index (κ1) is 13.6. The summed E-state index contributed by atoms with van der Waals surface area (Å²) in [5.74, 6) is 0.876. The lowest BCUT2D eigenvalue weighted by molar-refractivity contribution is -0.182. The molecular formula is C17H26N2O2. The second kappa shape index (κ2) is 3.82. The number of nitrogens with one attached hydrogen (secondary N) is 1. The summed E-state index contributed by atoms with van der Waals surface area (Å²) in [6, 6.07) is -0.361. The smallest absolute Gasteiger partial charge is 0.245 e. The highest BCUT2D eigenvalue weighted by Crippen LogP contribution is 2.67. The number of hydrogen-bond acceptors (Lipinski definition) is 2. The Labute approximate surface area is 126 Å². The number of rotatable bonds is 1. The standard InChI is InChI=1S/C17H26N2O2/c1-11-14(21)19(7-13(20)18-11)17-6-12-4-15(2,9-17)8-16(3,5-12)10-17/h11-12H,4-10H2,1-3H3,(H,18,20). The SMILES string of the molecule is CC1NC(=O)CN(C23CC4CC(C)(CC(C)(C4)C2)C3)C1=O. The highest BCUT2D eigenvalue weighted by Gasteiger charge is 2.63. The second-order valence-corrected chi connectivity index (χ2v) is 9.07. The molecule has 4 saturated carbocycles. The van der Waals surface area contributed by atoms with Gasteiger partial charge in [-0.15, -0.1) is 0 Å². The first-order valence-corrected chi connectivity index (χ1v) is 8.34. The van der Waals surface area contributed by atoms with Gasteiger partial charge < -0.3 is 10.2 Å².